The van der Waals surface area contributed by atoms with Crippen LogP contribution in [0.25, 0.3) is 0 Å². The minimum absolute atomic E-state index is 0.0590. The molecule has 0 unspecified atom stereocenters. The zero-order valence-corrected chi connectivity index (χ0v) is 11.2. The van der Waals surface area contributed by atoms with Gasteiger partial charge in [0.1, 0.15) is 12.4 Å². The molecular formula is C12H13ClFNO4. The minimum atomic E-state index is -1.01. The summed E-state index contributed by atoms with van der Waals surface area (Å²) < 4.78 is 22.2. The average Bonchev–Trinajstić information content (AvgIpc) is 2.32. The Hall–Kier alpha value is -1.66. The molecule has 0 fully saturated rings. The number of amides is 1. The molecule has 104 valence electrons. The molecule has 19 heavy (non-hydrogen) atoms. The Kier molecular flexibility index (Phi) is 5.72. The maximum absolute atomic E-state index is 12.8. The molecule has 0 aliphatic rings. The van der Waals surface area contributed by atoms with E-state index in [4.69, 9.17) is 16.3 Å². The number of benzene rings is 1. The van der Waals surface area contributed by atoms with Gasteiger partial charge >= 0.3 is 5.97 Å². The first kappa shape index (κ1) is 15.4. The molecule has 0 radical (unpaired) electrons. The van der Waals surface area contributed by atoms with Crippen molar-refractivity contribution in [2.24, 2.45) is 0 Å². The predicted molar refractivity (Wildman–Crippen MR) is 67.5 cm³/mol. The quantitative estimate of drug-likeness (QED) is 0.842. The Morgan fingerprint density at radius 1 is 1.47 bits per heavy atom. The van der Waals surface area contributed by atoms with E-state index in [9.17, 15) is 14.0 Å². The van der Waals surface area contributed by atoms with Crippen LogP contribution in [0.2, 0.25) is 5.02 Å². The summed E-state index contributed by atoms with van der Waals surface area (Å²) >= 11 is 5.75. The summed E-state index contributed by atoms with van der Waals surface area (Å²) in [5.41, 5.74) is 0.239. The van der Waals surface area contributed by atoms with Gasteiger partial charge in [-0.05, 0) is 25.1 Å². The molecule has 1 rings (SSSR count). The number of carbonyl (C=O) groups excluding carboxylic acids is 2. The van der Waals surface area contributed by atoms with Crippen LogP contribution in [0, 0.1) is 5.82 Å². The highest BCUT2D eigenvalue weighted by molar-refractivity contribution is 6.33. The fourth-order valence-electron chi connectivity index (χ4n) is 1.23. The van der Waals surface area contributed by atoms with Gasteiger partial charge in [0.25, 0.3) is 5.91 Å². The molecular weight excluding hydrogens is 277 g/mol. The number of nitrogens with one attached hydrogen (secondary N) is 1. The van der Waals surface area contributed by atoms with Gasteiger partial charge in [-0.3, -0.25) is 4.79 Å². The molecule has 0 saturated heterocycles. The molecule has 1 aromatic rings. The van der Waals surface area contributed by atoms with E-state index in [0.29, 0.717) is 0 Å². The molecule has 7 heteroatoms. The van der Waals surface area contributed by atoms with Crippen LogP contribution in [0.15, 0.2) is 18.2 Å². The number of esters is 1. The van der Waals surface area contributed by atoms with Gasteiger partial charge in [-0.15, -0.1) is 0 Å². The number of carbonyl (C=O) groups is 2. The molecule has 0 heterocycles. The van der Waals surface area contributed by atoms with Crippen molar-refractivity contribution in [2.45, 2.75) is 13.0 Å². The van der Waals surface area contributed by atoms with Crippen LogP contribution >= 0.6 is 11.6 Å². The summed E-state index contributed by atoms with van der Waals surface area (Å²) in [5.74, 6) is -1.74. The van der Waals surface area contributed by atoms with Gasteiger partial charge in [0.2, 0.25) is 0 Å². The summed E-state index contributed by atoms with van der Waals surface area (Å²) in [7, 11) is 1.34. The highest BCUT2D eigenvalue weighted by atomic mass is 35.5. The topological polar surface area (TPSA) is 64.6 Å². The maximum Gasteiger partial charge on any atom is 0.332 e. The van der Waals surface area contributed by atoms with E-state index >= 15 is 0 Å². The summed E-state index contributed by atoms with van der Waals surface area (Å²) in [6, 6.07) is 3.54. The lowest BCUT2D eigenvalue weighted by Gasteiger charge is -2.13. The highest BCUT2D eigenvalue weighted by Crippen LogP contribution is 2.22. The summed E-state index contributed by atoms with van der Waals surface area (Å²) in [6.45, 7) is 1.16. The summed E-state index contributed by atoms with van der Waals surface area (Å²) in [6.07, 6.45) is -1.01. The third-order valence-corrected chi connectivity index (χ3v) is 2.44. The van der Waals surface area contributed by atoms with Crippen LogP contribution in [0.1, 0.15) is 6.92 Å². The standard InChI is InChI=1S/C12H13ClFNO4/c1-7(19-11(16)6-18-2)12(17)15-10-4-3-8(14)5-9(10)13/h3-5,7H,6H2,1-2H3,(H,15,17)/t7-/m1/s1. The van der Waals surface area contributed by atoms with E-state index in [2.05, 4.69) is 10.1 Å². The number of anilines is 1. The SMILES string of the molecule is COCC(=O)O[C@H](C)C(=O)Nc1ccc(F)cc1Cl. The van der Waals surface area contributed by atoms with E-state index in [1.807, 2.05) is 0 Å². The molecule has 0 aromatic heterocycles. The van der Waals surface area contributed by atoms with Crippen molar-refractivity contribution in [1.82, 2.24) is 0 Å². The van der Waals surface area contributed by atoms with E-state index in [-0.39, 0.29) is 17.3 Å². The lowest BCUT2D eigenvalue weighted by Crippen LogP contribution is -2.31. The second-order valence-corrected chi connectivity index (χ2v) is 4.09. The van der Waals surface area contributed by atoms with Crippen LogP contribution in [-0.2, 0) is 19.1 Å². The Morgan fingerprint density at radius 3 is 2.74 bits per heavy atom. The normalized spacial score (nSPS) is 11.8. The lowest BCUT2D eigenvalue weighted by atomic mass is 10.3. The summed E-state index contributed by atoms with van der Waals surface area (Å²) in [4.78, 5) is 22.8. The fourth-order valence-corrected chi connectivity index (χ4v) is 1.44. The van der Waals surface area contributed by atoms with Crippen molar-refractivity contribution < 1.29 is 23.5 Å². The monoisotopic (exact) mass is 289 g/mol. The molecule has 1 aromatic carbocycles. The predicted octanol–water partition coefficient (Wildman–Crippen LogP) is 2.00. The molecule has 0 saturated carbocycles. The summed E-state index contributed by atoms with van der Waals surface area (Å²) in [5, 5.41) is 2.49. The van der Waals surface area contributed by atoms with E-state index in [1.165, 1.54) is 20.1 Å². The van der Waals surface area contributed by atoms with Crippen molar-refractivity contribution in [3.63, 3.8) is 0 Å². The first-order valence-electron chi connectivity index (χ1n) is 5.38. The molecule has 0 bridgehead atoms. The molecule has 0 spiro atoms. The zero-order valence-electron chi connectivity index (χ0n) is 10.4. The molecule has 5 nitrogen and oxygen atoms in total. The van der Waals surface area contributed by atoms with Crippen LogP contribution < -0.4 is 5.32 Å². The highest BCUT2D eigenvalue weighted by Gasteiger charge is 2.18. The van der Waals surface area contributed by atoms with Gasteiger partial charge in [0.15, 0.2) is 6.10 Å². The van der Waals surface area contributed by atoms with Gasteiger partial charge in [-0.1, -0.05) is 11.6 Å². The smallest absolute Gasteiger partial charge is 0.332 e. The van der Waals surface area contributed by atoms with Gasteiger partial charge in [0.05, 0.1) is 10.7 Å². The van der Waals surface area contributed by atoms with Gasteiger partial charge in [-0.2, -0.15) is 0 Å². The van der Waals surface area contributed by atoms with Crippen LogP contribution in [-0.4, -0.2) is 31.7 Å². The van der Waals surface area contributed by atoms with Crippen molar-refractivity contribution >= 4 is 29.2 Å². The third-order valence-electron chi connectivity index (χ3n) is 2.13. The van der Waals surface area contributed by atoms with E-state index < -0.39 is 23.8 Å². The van der Waals surface area contributed by atoms with E-state index in [1.54, 1.807) is 0 Å². The number of hydrogen-bond acceptors (Lipinski definition) is 4. The van der Waals surface area contributed by atoms with Crippen LogP contribution in [0.3, 0.4) is 0 Å². The second kappa shape index (κ2) is 7.06. The lowest BCUT2D eigenvalue weighted by molar-refractivity contribution is -0.156. The number of rotatable bonds is 5. The van der Waals surface area contributed by atoms with Crippen LogP contribution in [0.4, 0.5) is 10.1 Å². The van der Waals surface area contributed by atoms with Crippen molar-refractivity contribution in [1.29, 1.82) is 0 Å². The largest absolute Gasteiger partial charge is 0.451 e. The molecule has 1 amide bonds. The first-order valence-corrected chi connectivity index (χ1v) is 5.76. The zero-order chi connectivity index (χ0) is 14.4. The van der Waals surface area contributed by atoms with Gasteiger partial charge in [0, 0.05) is 7.11 Å². The Labute approximate surface area is 114 Å². The number of halogens is 2. The molecule has 1 atom stereocenters. The number of ether oxygens (including phenoxy) is 2. The van der Waals surface area contributed by atoms with Crippen LogP contribution in [0.5, 0.6) is 0 Å². The fraction of sp³-hybridized carbons (Fsp3) is 0.333. The number of methoxy groups -OCH3 is 1. The maximum atomic E-state index is 12.8. The van der Waals surface area contributed by atoms with Crippen molar-refractivity contribution in [2.75, 3.05) is 19.0 Å². The van der Waals surface area contributed by atoms with Gasteiger partial charge < -0.3 is 14.8 Å². The minimum Gasteiger partial charge on any atom is -0.451 e. The first-order chi connectivity index (χ1) is 8.93. The molecule has 0 aliphatic carbocycles. The van der Waals surface area contributed by atoms with Gasteiger partial charge in [-0.25, -0.2) is 9.18 Å². The van der Waals surface area contributed by atoms with Crippen molar-refractivity contribution in [3.8, 4) is 0 Å². The van der Waals surface area contributed by atoms with E-state index in [0.717, 1.165) is 12.1 Å². The Morgan fingerprint density at radius 2 is 2.16 bits per heavy atom. The number of hydrogen-bond donors (Lipinski definition) is 1. The third kappa shape index (κ3) is 4.84. The Bertz CT molecular complexity index is 481. The Balaban J connectivity index is 2.61. The second-order valence-electron chi connectivity index (χ2n) is 3.68. The molecule has 1 N–H and O–H groups in total. The molecule has 0 aliphatic heterocycles. The van der Waals surface area contributed by atoms with Crippen molar-refractivity contribution in [3.05, 3.63) is 29.0 Å². The average molecular weight is 290 g/mol.